The van der Waals surface area contributed by atoms with Gasteiger partial charge < -0.3 is 25.4 Å². The molecule has 7 nitrogen and oxygen atoms in total. The second-order valence-electron chi connectivity index (χ2n) is 7.30. The van der Waals surface area contributed by atoms with Crippen LogP contribution in [-0.2, 0) is 4.79 Å². The molecular weight excluding hydrogens is 382 g/mol. The van der Waals surface area contributed by atoms with Crippen LogP contribution in [-0.4, -0.2) is 56.1 Å². The molecule has 1 atom stereocenters. The molecule has 0 spiro atoms. The second kappa shape index (κ2) is 12.5. The molecule has 3 N–H and O–H groups in total. The summed E-state index contributed by atoms with van der Waals surface area (Å²) in [5.41, 5.74) is 6.54. The predicted octanol–water partition coefficient (Wildman–Crippen LogP) is 2.47. The summed E-state index contributed by atoms with van der Waals surface area (Å²) in [4.78, 5) is 26.0. The van der Waals surface area contributed by atoms with E-state index in [1.165, 1.54) is 7.11 Å². The first-order chi connectivity index (χ1) is 12.6. The molecule has 0 aliphatic heterocycles. The monoisotopic (exact) mass is 415 g/mol. The maximum atomic E-state index is 12.6. The first-order valence-electron chi connectivity index (χ1n) is 9.27. The van der Waals surface area contributed by atoms with E-state index in [0.717, 1.165) is 6.42 Å². The number of hydrogen-bond donors (Lipinski definition) is 2. The van der Waals surface area contributed by atoms with Crippen LogP contribution in [0.2, 0.25) is 0 Å². The molecule has 8 heteroatoms. The number of carbonyl (C=O) groups excluding carboxylic acids is 2. The Hall–Kier alpha value is -1.99. The summed E-state index contributed by atoms with van der Waals surface area (Å²) in [6.07, 6.45) is 0.739. The highest BCUT2D eigenvalue weighted by atomic mass is 35.5. The molecule has 28 heavy (non-hydrogen) atoms. The maximum Gasteiger partial charge on any atom is 0.258 e. The van der Waals surface area contributed by atoms with Crippen molar-refractivity contribution >= 4 is 24.2 Å². The van der Waals surface area contributed by atoms with Crippen LogP contribution in [0.5, 0.6) is 11.5 Å². The summed E-state index contributed by atoms with van der Waals surface area (Å²) in [7, 11) is 3.25. The molecular formula is C20H34ClN3O4. The van der Waals surface area contributed by atoms with Gasteiger partial charge in [-0.3, -0.25) is 9.59 Å². The van der Waals surface area contributed by atoms with Crippen LogP contribution in [0.1, 0.15) is 44.5 Å². The number of benzene rings is 1. The summed E-state index contributed by atoms with van der Waals surface area (Å²) >= 11 is 0. The zero-order valence-electron chi connectivity index (χ0n) is 17.7. The molecule has 0 radical (unpaired) electrons. The van der Waals surface area contributed by atoms with Crippen molar-refractivity contribution in [3.8, 4) is 11.5 Å². The quantitative estimate of drug-likeness (QED) is 0.612. The standard InChI is InChI=1S/C20H33N3O4.ClH/c1-13(2)16(21)9-10-23(5)20(25)15-7-8-17(18(11-15)26-6)27-12-19(24)22-14(3)4;/h7-8,11,13-14,16H,9-10,12,21H2,1-6H3,(H,22,24);1H. The van der Waals surface area contributed by atoms with Crippen molar-refractivity contribution in [1.29, 1.82) is 0 Å². The Morgan fingerprint density at radius 2 is 1.82 bits per heavy atom. The minimum absolute atomic E-state index is 0. The van der Waals surface area contributed by atoms with Crippen molar-refractivity contribution in [1.82, 2.24) is 10.2 Å². The number of nitrogens with two attached hydrogens (primary N) is 1. The topological polar surface area (TPSA) is 93.9 Å². The van der Waals surface area contributed by atoms with E-state index in [0.29, 0.717) is 29.5 Å². The smallest absolute Gasteiger partial charge is 0.258 e. The largest absolute Gasteiger partial charge is 0.493 e. The lowest BCUT2D eigenvalue weighted by molar-refractivity contribution is -0.123. The summed E-state index contributed by atoms with van der Waals surface area (Å²) < 4.78 is 10.8. The summed E-state index contributed by atoms with van der Waals surface area (Å²) in [6.45, 7) is 8.35. The lowest BCUT2D eigenvalue weighted by Gasteiger charge is -2.22. The van der Waals surface area contributed by atoms with Gasteiger partial charge in [-0.2, -0.15) is 0 Å². The molecule has 160 valence electrons. The van der Waals surface area contributed by atoms with E-state index in [9.17, 15) is 9.59 Å². The van der Waals surface area contributed by atoms with Crippen LogP contribution in [0, 0.1) is 5.92 Å². The predicted molar refractivity (Wildman–Crippen MR) is 113 cm³/mol. The number of carbonyl (C=O) groups is 2. The molecule has 0 aliphatic rings. The number of ether oxygens (including phenoxy) is 2. The highest BCUT2D eigenvalue weighted by Crippen LogP contribution is 2.28. The van der Waals surface area contributed by atoms with Crippen molar-refractivity contribution in [3.05, 3.63) is 23.8 Å². The Morgan fingerprint density at radius 1 is 1.18 bits per heavy atom. The van der Waals surface area contributed by atoms with Crippen molar-refractivity contribution in [3.63, 3.8) is 0 Å². The van der Waals surface area contributed by atoms with E-state index in [4.69, 9.17) is 15.2 Å². The van der Waals surface area contributed by atoms with Crippen molar-refractivity contribution < 1.29 is 19.1 Å². The summed E-state index contributed by atoms with van der Waals surface area (Å²) in [5, 5.41) is 2.75. The van der Waals surface area contributed by atoms with Gasteiger partial charge in [0.1, 0.15) is 0 Å². The third-order valence-corrected chi connectivity index (χ3v) is 4.22. The molecule has 1 aromatic carbocycles. The molecule has 0 heterocycles. The van der Waals surface area contributed by atoms with Gasteiger partial charge in [-0.15, -0.1) is 12.4 Å². The molecule has 0 aliphatic carbocycles. The molecule has 0 saturated carbocycles. The van der Waals surface area contributed by atoms with Crippen LogP contribution in [0.4, 0.5) is 0 Å². The summed E-state index contributed by atoms with van der Waals surface area (Å²) in [5.74, 6) is 0.864. The highest BCUT2D eigenvalue weighted by molar-refractivity contribution is 5.94. The molecule has 0 saturated heterocycles. The molecule has 0 fully saturated rings. The molecule has 0 aromatic heterocycles. The van der Waals surface area contributed by atoms with Crippen molar-refractivity contribution in [2.24, 2.45) is 11.7 Å². The van der Waals surface area contributed by atoms with E-state index >= 15 is 0 Å². The van der Waals surface area contributed by atoms with E-state index in [1.807, 2.05) is 13.8 Å². The first-order valence-corrected chi connectivity index (χ1v) is 9.27. The van der Waals surface area contributed by atoms with Crippen LogP contribution >= 0.6 is 12.4 Å². The molecule has 2 amide bonds. The number of methoxy groups -OCH3 is 1. The average molecular weight is 416 g/mol. The fourth-order valence-corrected chi connectivity index (χ4v) is 2.42. The fourth-order valence-electron chi connectivity index (χ4n) is 2.42. The number of hydrogen-bond acceptors (Lipinski definition) is 5. The van der Waals surface area contributed by atoms with Crippen LogP contribution < -0.4 is 20.5 Å². The van der Waals surface area contributed by atoms with E-state index in [-0.39, 0.29) is 42.9 Å². The van der Waals surface area contributed by atoms with Gasteiger partial charge in [0.2, 0.25) is 0 Å². The van der Waals surface area contributed by atoms with Crippen molar-refractivity contribution in [2.45, 2.75) is 46.2 Å². The van der Waals surface area contributed by atoms with Gasteiger partial charge in [-0.25, -0.2) is 0 Å². The molecule has 1 unspecified atom stereocenters. The van der Waals surface area contributed by atoms with Gasteiger partial charge in [-0.1, -0.05) is 13.8 Å². The Morgan fingerprint density at radius 3 is 2.36 bits per heavy atom. The lowest BCUT2D eigenvalue weighted by atomic mass is 10.0. The van der Waals surface area contributed by atoms with E-state index < -0.39 is 0 Å². The number of amides is 2. The van der Waals surface area contributed by atoms with E-state index in [2.05, 4.69) is 19.2 Å². The lowest BCUT2D eigenvalue weighted by Crippen LogP contribution is -2.34. The van der Waals surface area contributed by atoms with E-state index in [1.54, 1.807) is 30.1 Å². The van der Waals surface area contributed by atoms with Gasteiger partial charge in [0, 0.05) is 31.2 Å². The van der Waals surface area contributed by atoms with Gasteiger partial charge in [-0.05, 0) is 44.4 Å². The Kier molecular flexibility index (Phi) is 11.6. The molecule has 1 rings (SSSR count). The normalized spacial score (nSPS) is 11.6. The number of rotatable bonds is 10. The minimum atomic E-state index is -0.214. The number of nitrogens with zero attached hydrogens (tertiary/aromatic N) is 1. The summed E-state index contributed by atoms with van der Waals surface area (Å²) in [6, 6.07) is 5.03. The molecule has 1 aromatic rings. The number of nitrogens with one attached hydrogen (secondary N) is 1. The number of halogens is 1. The maximum absolute atomic E-state index is 12.6. The average Bonchev–Trinajstić information content (AvgIpc) is 2.62. The zero-order chi connectivity index (χ0) is 20.6. The second-order valence-corrected chi connectivity index (χ2v) is 7.30. The Balaban J connectivity index is 0.00000729. The highest BCUT2D eigenvalue weighted by Gasteiger charge is 2.17. The SMILES string of the molecule is COc1cc(C(=O)N(C)CCC(N)C(C)C)ccc1OCC(=O)NC(C)C.Cl. The Bertz CT molecular complexity index is 638. The van der Waals surface area contributed by atoms with Crippen LogP contribution in [0.25, 0.3) is 0 Å². The fraction of sp³-hybridized carbons (Fsp3) is 0.600. The Labute approximate surface area is 174 Å². The van der Waals surface area contributed by atoms with Gasteiger partial charge in [0.25, 0.3) is 11.8 Å². The van der Waals surface area contributed by atoms with Gasteiger partial charge in [0.15, 0.2) is 18.1 Å². The third-order valence-electron chi connectivity index (χ3n) is 4.22. The first kappa shape index (κ1) is 26.0. The molecule has 0 bridgehead atoms. The zero-order valence-corrected chi connectivity index (χ0v) is 18.5. The van der Waals surface area contributed by atoms with Gasteiger partial charge in [0.05, 0.1) is 7.11 Å². The van der Waals surface area contributed by atoms with Crippen LogP contribution in [0.3, 0.4) is 0 Å². The van der Waals surface area contributed by atoms with Crippen molar-refractivity contribution in [2.75, 3.05) is 27.3 Å². The third kappa shape index (κ3) is 8.35. The van der Waals surface area contributed by atoms with Crippen LogP contribution in [0.15, 0.2) is 18.2 Å². The minimum Gasteiger partial charge on any atom is -0.493 e. The van der Waals surface area contributed by atoms with Gasteiger partial charge >= 0.3 is 0 Å².